The maximum atomic E-state index is 12.9. The number of methoxy groups -OCH3 is 1. The zero-order valence-corrected chi connectivity index (χ0v) is 17.9. The standard InChI is InChI=1S/C22H34N4O3/c1-4-24(22(28)18-5-7-20(29-3)8-6-18)17-21(27)26-15-13-25(14-16-26)19-9-11-23(2)12-10-19/h5-8,19H,4,9-17H2,1-3H3/i5D. The Labute approximate surface area is 175 Å². The number of piperidine rings is 1. The third-order valence-electron chi connectivity index (χ3n) is 6.12. The number of hydrogen-bond donors (Lipinski definition) is 0. The van der Waals surface area contributed by atoms with Crippen molar-refractivity contribution in [1.29, 1.82) is 0 Å². The quantitative estimate of drug-likeness (QED) is 0.719. The van der Waals surface area contributed by atoms with Crippen LogP contribution < -0.4 is 4.74 Å². The van der Waals surface area contributed by atoms with E-state index in [0.29, 0.717) is 31.4 Å². The number of carbonyl (C=O) groups is 2. The fourth-order valence-electron chi connectivity index (χ4n) is 4.13. The van der Waals surface area contributed by atoms with Crippen LogP contribution in [0.3, 0.4) is 0 Å². The Kier molecular flexibility index (Phi) is 7.00. The first-order chi connectivity index (χ1) is 14.4. The Morgan fingerprint density at radius 3 is 2.41 bits per heavy atom. The van der Waals surface area contributed by atoms with Crippen molar-refractivity contribution >= 4 is 11.8 Å². The van der Waals surface area contributed by atoms with Crippen molar-refractivity contribution < 1.29 is 15.7 Å². The molecule has 29 heavy (non-hydrogen) atoms. The molecule has 0 bridgehead atoms. The second-order valence-corrected chi connectivity index (χ2v) is 7.91. The van der Waals surface area contributed by atoms with Gasteiger partial charge in [0.2, 0.25) is 5.91 Å². The third kappa shape index (κ3) is 5.48. The number of piperazine rings is 1. The van der Waals surface area contributed by atoms with E-state index in [-0.39, 0.29) is 30.0 Å². The van der Waals surface area contributed by atoms with Gasteiger partial charge < -0.3 is 19.4 Å². The topological polar surface area (TPSA) is 56.3 Å². The molecule has 0 atom stereocenters. The maximum Gasteiger partial charge on any atom is 0.254 e. The summed E-state index contributed by atoms with van der Waals surface area (Å²) in [5.41, 5.74) is 0.289. The average Bonchev–Trinajstić information content (AvgIpc) is 2.77. The van der Waals surface area contributed by atoms with Gasteiger partial charge >= 0.3 is 0 Å². The van der Waals surface area contributed by atoms with Gasteiger partial charge in [-0.05, 0) is 64.1 Å². The number of likely N-dealkylation sites (tertiary alicyclic amines) is 1. The molecule has 0 spiro atoms. The number of likely N-dealkylation sites (N-methyl/N-ethyl adjacent to an activating group) is 1. The van der Waals surface area contributed by atoms with E-state index in [0.717, 1.165) is 26.2 Å². The van der Waals surface area contributed by atoms with Gasteiger partial charge in [0.15, 0.2) is 0 Å². The summed E-state index contributed by atoms with van der Waals surface area (Å²) in [6.07, 6.45) is 2.39. The molecule has 7 nitrogen and oxygen atoms in total. The van der Waals surface area contributed by atoms with Gasteiger partial charge in [-0.3, -0.25) is 14.5 Å². The number of hydrogen-bond acceptors (Lipinski definition) is 5. The molecule has 7 heteroatoms. The van der Waals surface area contributed by atoms with Gasteiger partial charge in [-0.15, -0.1) is 0 Å². The average molecular weight is 404 g/mol. The highest BCUT2D eigenvalue weighted by atomic mass is 16.5. The zero-order chi connectivity index (χ0) is 21.7. The van der Waals surface area contributed by atoms with E-state index in [2.05, 4.69) is 16.8 Å². The number of ether oxygens (including phenoxy) is 1. The molecule has 1 aromatic rings. The van der Waals surface area contributed by atoms with Crippen molar-refractivity contribution in [2.45, 2.75) is 25.8 Å². The van der Waals surface area contributed by atoms with Gasteiger partial charge in [-0.2, -0.15) is 0 Å². The highest BCUT2D eigenvalue weighted by Crippen LogP contribution is 2.18. The van der Waals surface area contributed by atoms with Crippen LogP contribution >= 0.6 is 0 Å². The molecule has 2 fully saturated rings. The normalized spacial score (nSPS) is 19.7. The first kappa shape index (κ1) is 20.2. The number of nitrogens with zero attached hydrogens (tertiary/aromatic N) is 4. The summed E-state index contributed by atoms with van der Waals surface area (Å²) >= 11 is 0. The van der Waals surface area contributed by atoms with E-state index in [1.807, 2.05) is 11.8 Å². The molecule has 2 heterocycles. The van der Waals surface area contributed by atoms with Crippen LogP contribution in [0.5, 0.6) is 5.75 Å². The monoisotopic (exact) mass is 403 g/mol. The molecule has 1 aromatic carbocycles. The second-order valence-electron chi connectivity index (χ2n) is 7.91. The first-order valence-corrected chi connectivity index (χ1v) is 10.6. The van der Waals surface area contributed by atoms with Crippen LogP contribution in [-0.2, 0) is 4.79 Å². The predicted octanol–water partition coefficient (Wildman–Crippen LogP) is 1.40. The first-order valence-electron chi connectivity index (χ1n) is 11.1. The molecule has 0 aliphatic carbocycles. The van der Waals surface area contributed by atoms with E-state index < -0.39 is 0 Å². The molecule has 2 aliphatic heterocycles. The van der Waals surface area contributed by atoms with Crippen LogP contribution in [0.1, 0.15) is 31.5 Å². The van der Waals surface area contributed by atoms with E-state index in [9.17, 15) is 9.59 Å². The summed E-state index contributed by atoms with van der Waals surface area (Å²) < 4.78 is 13.2. The Morgan fingerprint density at radius 1 is 1.14 bits per heavy atom. The molecular formula is C22H34N4O3. The van der Waals surface area contributed by atoms with Crippen molar-refractivity contribution in [3.05, 3.63) is 29.8 Å². The number of benzene rings is 1. The van der Waals surface area contributed by atoms with Crippen molar-refractivity contribution in [1.82, 2.24) is 19.6 Å². The minimum absolute atomic E-state index is 0.0201. The maximum absolute atomic E-state index is 12.9. The number of amides is 2. The van der Waals surface area contributed by atoms with Gasteiger partial charge in [0.25, 0.3) is 5.91 Å². The van der Waals surface area contributed by atoms with E-state index in [1.54, 1.807) is 12.1 Å². The molecule has 2 saturated heterocycles. The Morgan fingerprint density at radius 2 is 1.83 bits per heavy atom. The largest absolute Gasteiger partial charge is 0.497 e. The molecule has 160 valence electrons. The SMILES string of the molecule is [2H]c1cc(OC)ccc1C(=O)N(CC)CC(=O)N1CCN(C2CCN(C)CC2)CC1. The highest BCUT2D eigenvalue weighted by molar-refractivity contribution is 5.96. The van der Waals surface area contributed by atoms with E-state index in [4.69, 9.17) is 6.11 Å². The molecule has 3 rings (SSSR count). The van der Waals surface area contributed by atoms with Crippen LogP contribution in [0.4, 0.5) is 0 Å². The van der Waals surface area contributed by atoms with Crippen molar-refractivity contribution in [2.75, 3.05) is 66.5 Å². The number of carbonyl (C=O) groups excluding carboxylic acids is 2. The van der Waals surface area contributed by atoms with Crippen molar-refractivity contribution in [3.63, 3.8) is 0 Å². The number of rotatable bonds is 6. The Bertz CT molecular complexity index is 744. The summed E-state index contributed by atoms with van der Waals surface area (Å²) in [7, 11) is 3.70. The van der Waals surface area contributed by atoms with E-state index >= 15 is 0 Å². The lowest BCUT2D eigenvalue weighted by Crippen LogP contribution is -2.55. The van der Waals surface area contributed by atoms with E-state index in [1.165, 1.54) is 30.9 Å². The van der Waals surface area contributed by atoms with Crippen molar-refractivity contribution in [2.24, 2.45) is 0 Å². The summed E-state index contributed by atoms with van der Waals surface area (Å²) in [6.45, 7) is 7.83. The lowest BCUT2D eigenvalue weighted by atomic mass is 10.0. The van der Waals surface area contributed by atoms with Crippen LogP contribution in [0.15, 0.2) is 24.2 Å². The zero-order valence-electron chi connectivity index (χ0n) is 18.9. The van der Waals surface area contributed by atoms with Gasteiger partial charge in [-0.25, -0.2) is 0 Å². The van der Waals surface area contributed by atoms with Crippen LogP contribution in [-0.4, -0.2) is 104 Å². The fraction of sp³-hybridized carbons (Fsp3) is 0.636. The van der Waals surface area contributed by atoms with Crippen molar-refractivity contribution in [3.8, 4) is 5.75 Å². The smallest absolute Gasteiger partial charge is 0.254 e. The molecule has 0 unspecified atom stereocenters. The van der Waals surface area contributed by atoms with Gasteiger partial charge in [-0.1, -0.05) is 0 Å². The summed E-state index contributed by atoms with van der Waals surface area (Å²) in [4.78, 5) is 34.0. The van der Waals surface area contributed by atoms with Gasteiger partial charge in [0.1, 0.15) is 12.3 Å². The summed E-state index contributed by atoms with van der Waals surface area (Å²) in [5.74, 6) is 0.231. The summed E-state index contributed by atoms with van der Waals surface area (Å²) in [5, 5.41) is 0. The molecule has 0 aromatic heterocycles. The molecular weight excluding hydrogens is 368 g/mol. The van der Waals surface area contributed by atoms with Crippen LogP contribution in [0.2, 0.25) is 0 Å². The van der Waals surface area contributed by atoms with Gasteiger partial charge in [0, 0.05) is 44.3 Å². The fourth-order valence-corrected chi connectivity index (χ4v) is 4.13. The highest BCUT2D eigenvalue weighted by Gasteiger charge is 2.29. The minimum atomic E-state index is -0.288. The van der Waals surface area contributed by atoms with Gasteiger partial charge in [0.05, 0.1) is 8.48 Å². The molecule has 0 radical (unpaired) electrons. The molecule has 0 saturated carbocycles. The molecule has 2 aliphatic rings. The Hall–Kier alpha value is -2.12. The molecule has 2 amide bonds. The summed E-state index contributed by atoms with van der Waals surface area (Å²) in [6, 6.07) is 5.51. The second kappa shape index (κ2) is 10.1. The van der Waals surface area contributed by atoms with Crippen LogP contribution in [0.25, 0.3) is 0 Å². The Balaban J connectivity index is 1.53. The minimum Gasteiger partial charge on any atom is -0.497 e. The van der Waals surface area contributed by atoms with Crippen LogP contribution in [0, 0.1) is 0 Å². The lowest BCUT2D eigenvalue weighted by Gasteiger charge is -2.42. The third-order valence-corrected chi connectivity index (χ3v) is 6.12. The predicted molar refractivity (Wildman–Crippen MR) is 113 cm³/mol. The lowest BCUT2D eigenvalue weighted by molar-refractivity contribution is -0.134. The molecule has 0 N–H and O–H groups in total.